The Morgan fingerprint density at radius 2 is 2.07 bits per heavy atom. The van der Waals surface area contributed by atoms with Gasteiger partial charge in [0.2, 0.25) is 0 Å². The molecule has 0 saturated carbocycles. The molecular weight excluding hydrogens is 214 g/mol. The van der Waals surface area contributed by atoms with Crippen LogP contribution in [-0.4, -0.2) is 24.6 Å². The maximum atomic E-state index is 11.4. The second kappa shape index (κ2) is 2.96. The van der Waals surface area contributed by atoms with Gasteiger partial charge in [-0.25, -0.2) is 13.4 Å². The van der Waals surface area contributed by atoms with E-state index in [0.29, 0.717) is 5.65 Å². The minimum atomic E-state index is -3.32. The first-order valence-electron chi connectivity index (χ1n) is 4.34. The topological polar surface area (TPSA) is 88.8 Å². The Labute approximate surface area is 87.2 Å². The number of pyridine rings is 1. The van der Waals surface area contributed by atoms with Crippen molar-refractivity contribution in [2.45, 2.75) is 11.8 Å². The summed E-state index contributed by atoms with van der Waals surface area (Å²) >= 11 is 0. The van der Waals surface area contributed by atoms with E-state index in [1.165, 1.54) is 6.07 Å². The molecular formula is C9H11N3O2S. The van der Waals surface area contributed by atoms with Gasteiger partial charge in [0.1, 0.15) is 16.4 Å². The van der Waals surface area contributed by atoms with Gasteiger partial charge in [-0.3, -0.25) is 0 Å². The van der Waals surface area contributed by atoms with Crippen molar-refractivity contribution in [2.24, 2.45) is 0 Å². The lowest BCUT2D eigenvalue weighted by atomic mass is 10.3. The first-order chi connectivity index (χ1) is 6.88. The van der Waals surface area contributed by atoms with Crippen LogP contribution >= 0.6 is 0 Å². The van der Waals surface area contributed by atoms with Gasteiger partial charge in [-0.05, 0) is 19.1 Å². The second-order valence-electron chi connectivity index (χ2n) is 3.53. The molecule has 0 radical (unpaired) electrons. The number of hydrogen-bond acceptors (Lipinski definition) is 4. The number of aromatic amines is 1. The third kappa shape index (κ3) is 1.68. The van der Waals surface area contributed by atoms with Gasteiger partial charge in [0, 0.05) is 17.3 Å². The largest absolute Gasteiger partial charge is 0.383 e. The molecule has 2 aromatic rings. The first kappa shape index (κ1) is 9.97. The zero-order valence-electron chi connectivity index (χ0n) is 8.40. The van der Waals surface area contributed by atoms with Crippen LogP contribution in [0.4, 0.5) is 5.82 Å². The van der Waals surface area contributed by atoms with Crippen LogP contribution in [0.3, 0.4) is 0 Å². The molecule has 0 unspecified atom stereocenters. The molecule has 6 heteroatoms. The monoisotopic (exact) mass is 225 g/mol. The fraction of sp³-hybridized carbons (Fsp3) is 0.222. The highest BCUT2D eigenvalue weighted by Crippen LogP contribution is 2.22. The SMILES string of the molecule is Cc1cc2cc(S(C)(=O)=O)c(N)nc2[nH]1. The van der Waals surface area contributed by atoms with E-state index >= 15 is 0 Å². The molecule has 0 aliphatic heterocycles. The van der Waals surface area contributed by atoms with E-state index in [9.17, 15) is 8.42 Å². The summed E-state index contributed by atoms with van der Waals surface area (Å²) in [5.41, 5.74) is 7.10. The third-order valence-corrected chi connectivity index (χ3v) is 3.26. The number of nitrogens with zero attached hydrogens (tertiary/aromatic N) is 1. The smallest absolute Gasteiger partial charge is 0.179 e. The molecule has 0 aliphatic rings. The summed E-state index contributed by atoms with van der Waals surface area (Å²) in [5.74, 6) is 0.0341. The van der Waals surface area contributed by atoms with Gasteiger partial charge in [0.05, 0.1) is 0 Å². The summed E-state index contributed by atoms with van der Waals surface area (Å²) < 4.78 is 22.7. The maximum Gasteiger partial charge on any atom is 0.179 e. The zero-order valence-corrected chi connectivity index (χ0v) is 9.22. The van der Waals surface area contributed by atoms with Crippen molar-refractivity contribution in [3.63, 3.8) is 0 Å². The summed E-state index contributed by atoms with van der Waals surface area (Å²) in [6.45, 7) is 1.87. The van der Waals surface area contributed by atoms with E-state index in [1.807, 2.05) is 13.0 Å². The number of H-pyrrole nitrogens is 1. The van der Waals surface area contributed by atoms with Crippen LogP contribution in [0.1, 0.15) is 5.69 Å². The molecule has 0 atom stereocenters. The third-order valence-electron chi connectivity index (χ3n) is 2.13. The molecule has 80 valence electrons. The van der Waals surface area contributed by atoms with Crippen LogP contribution in [-0.2, 0) is 9.84 Å². The number of hydrogen-bond donors (Lipinski definition) is 2. The van der Waals surface area contributed by atoms with Crippen LogP contribution in [0, 0.1) is 6.92 Å². The second-order valence-corrected chi connectivity index (χ2v) is 5.52. The lowest BCUT2D eigenvalue weighted by Gasteiger charge is -2.01. The van der Waals surface area contributed by atoms with Crippen molar-refractivity contribution in [3.8, 4) is 0 Å². The number of sulfone groups is 1. The van der Waals surface area contributed by atoms with Crippen molar-refractivity contribution in [1.29, 1.82) is 0 Å². The van der Waals surface area contributed by atoms with E-state index in [2.05, 4.69) is 9.97 Å². The molecule has 15 heavy (non-hydrogen) atoms. The Morgan fingerprint density at radius 3 is 2.67 bits per heavy atom. The average molecular weight is 225 g/mol. The van der Waals surface area contributed by atoms with Gasteiger partial charge in [-0.1, -0.05) is 0 Å². The Kier molecular flexibility index (Phi) is 1.97. The van der Waals surface area contributed by atoms with E-state index in [0.717, 1.165) is 17.3 Å². The van der Waals surface area contributed by atoms with Crippen LogP contribution < -0.4 is 5.73 Å². The molecule has 2 heterocycles. The number of rotatable bonds is 1. The maximum absolute atomic E-state index is 11.4. The predicted octanol–water partition coefficient (Wildman–Crippen LogP) is 0.857. The van der Waals surface area contributed by atoms with Crippen LogP contribution in [0.15, 0.2) is 17.0 Å². The summed E-state index contributed by atoms with van der Waals surface area (Å²) in [7, 11) is -3.32. The Hall–Kier alpha value is -1.56. The Balaban J connectivity index is 2.83. The summed E-state index contributed by atoms with van der Waals surface area (Å²) in [5, 5.41) is 0.752. The highest BCUT2D eigenvalue weighted by Gasteiger charge is 2.14. The number of nitrogens with two attached hydrogens (primary N) is 1. The lowest BCUT2D eigenvalue weighted by molar-refractivity contribution is 0.602. The number of aromatic nitrogens is 2. The van der Waals surface area contributed by atoms with Gasteiger partial charge >= 0.3 is 0 Å². The fourth-order valence-corrected chi connectivity index (χ4v) is 2.25. The molecule has 3 N–H and O–H groups in total. The molecule has 2 aromatic heterocycles. The highest BCUT2D eigenvalue weighted by molar-refractivity contribution is 7.90. The molecule has 5 nitrogen and oxygen atoms in total. The quantitative estimate of drug-likeness (QED) is 0.753. The molecule has 0 aromatic carbocycles. The van der Waals surface area contributed by atoms with Crippen molar-refractivity contribution in [1.82, 2.24) is 9.97 Å². The Bertz CT molecular complexity index is 628. The molecule has 2 rings (SSSR count). The van der Waals surface area contributed by atoms with Gasteiger partial charge in [0.25, 0.3) is 0 Å². The lowest BCUT2D eigenvalue weighted by Crippen LogP contribution is -2.04. The summed E-state index contributed by atoms with van der Waals surface area (Å²) in [6.07, 6.45) is 1.12. The minimum Gasteiger partial charge on any atom is -0.383 e. The zero-order chi connectivity index (χ0) is 11.2. The molecule has 0 aliphatic carbocycles. The summed E-state index contributed by atoms with van der Waals surface area (Å²) in [4.78, 5) is 7.08. The van der Waals surface area contributed by atoms with Crippen molar-refractivity contribution < 1.29 is 8.42 Å². The van der Waals surface area contributed by atoms with Crippen molar-refractivity contribution in [2.75, 3.05) is 12.0 Å². The van der Waals surface area contributed by atoms with E-state index in [4.69, 9.17) is 5.73 Å². The standard InChI is InChI=1S/C9H11N3O2S/c1-5-3-6-4-7(15(2,13)14)8(10)12-9(6)11-5/h3-4H,1-2H3,(H3,10,11,12). The minimum absolute atomic E-state index is 0.0341. The van der Waals surface area contributed by atoms with Gasteiger partial charge in [-0.2, -0.15) is 0 Å². The number of nitrogens with one attached hydrogen (secondary N) is 1. The normalized spacial score (nSPS) is 12.1. The van der Waals surface area contributed by atoms with Gasteiger partial charge in [0.15, 0.2) is 9.84 Å². The van der Waals surface area contributed by atoms with Crippen molar-refractivity contribution >= 4 is 26.7 Å². The highest BCUT2D eigenvalue weighted by atomic mass is 32.2. The van der Waals surface area contributed by atoms with Gasteiger partial charge < -0.3 is 10.7 Å². The van der Waals surface area contributed by atoms with E-state index < -0.39 is 9.84 Å². The van der Waals surface area contributed by atoms with Crippen LogP contribution in [0.25, 0.3) is 11.0 Å². The number of fused-ring (bicyclic) bond motifs is 1. The molecule has 0 bridgehead atoms. The molecule has 0 fully saturated rings. The first-order valence-corrected chi connectivity index (χ1v) is 6.23. The molecule has 0 spiro atoms. The number of aryl methyl sites for hydroxylation is 1. The average Bonchev–Trinajstić information content (AvgIpc) is 2.40. The van der Waals surface area contributed by atoms with Crippen LogP contribution in [0.5, 0.6) is 0 Å². The number of anilines is 1. The molecule has 0 amide bonds. The van der Waals surface area contributed by atoms with Crippen LogP contribution in [0.2, 0.25) is 0 Å². The fourth-order valence-electron chi connectivity index (χ4n) is 1.49. The number of nitrogen functional groups attached to an aromatic ring is 1. The predicted molar refractivity (Wildman–Crippen MR) is 58.4 cm³/mol. The van der Waals surface area contributed by atoms with Crippen molar-refractivity contribution in [3.05, 3.63) is 17.8 Å². The molecule has 0 saturated heterocycles. The van der Waals surface area contributed by atoms with Gasteiger partial charge in [-0.15, -0.1) is 0 Å². The van der Waals surface area contributed by atoms with E-state index in [-0.39, 0.29) is 10.7 Å². The Morgan fingerprint density at radius 1 is 1.40 bits per heavy atom. The van der Waals surface area contributed by atoms with E-state index in [1.54, 1.807) is 0 Å². The summed E-state index contributed by atoms with van der Waals surface area (Å²) in [6, 6.07) is 3.37.